The van der Waals surface area contributed by atoms with Crippen molar-refractivity contribution in [1.82, 2.24) is 24.6 Å². The predicted octanol–water partition coefficient (Wildman–Crippen LogP) is 0.749. The van der Waals surface area contributed by atoms with Gasteiger partial charge in [0.05, 0.1) is 37.6 Å². The van der Waals surface area contributed by atoms with Gasteiger partial charge in [-0.25, -0.2) is 4.98 Å². The largest absolute Gasteiger partial charge is 0.369 e. The second-order valence-corrected chi connectivity index (χ2v) is 4.86. The van der Waals surface area contributed by atoms with Gasteiger partial charge in [-0.3, -0.25) is 4.68 Å². The van der Waals surface area contributed by atoms with Crippen LogP contribution in [0, 0.1) is 6.92 Å². The van der Waals surface area contributed by atoms with E-state index in [1.54, 1.807) is 0 Å². The zero-order valence-corrected chi connectivity index (χ0v) is 11.1. The third-order valence-electron chi connectivity index (χ3n) is 3.33. The average molecular weight is 261 g/mol. The van der Waals surface area contributed by atoms with Crippen LogP contribution >= 0.6 is 0 Å². The minimum absolute atomic E-state index is 0.107. The Bertz CT molecular complexity index is 527. The summed E-state index contributed by atoms with van der Waals surface area (Å²) in [6.07, 6.45) is 7.80. The van der Waals surface area contributed by atoms with Crippen LogP contribution < -0.4 is 5.32 Å². The minimum Gasteiger partial charge on any atom is -0.369 e. The van der Waals surface area contributed by atoms with Crippen molar-refractivity contribution in [2.45, 2.75) is 26.1 Å². The summed E-state index contributed by atoms with van der Waals surface area (Å²) in [5, 5.41) is 7.64. The van der Waals surface area contributed by atoms with Gasteiger partial charge in [0, 0.05) is 25.8 Å². The van der Waals surface area contributed by atoms with E-state index in [1.807, 2.05) is 30.3 Å². The van der Waals surface area contributed by atoms with Crippen LogP contribution in [0.5, 0.6) is 0 Å². The Morgan fingerprint density at radius 1 is 1.42 bits per heavy atom. The molecule has 0 saturated carbocycles. The molecule has 0 bridgehead atoms. The van der Waals surface area contributed by atoms with Crippen molar-refractivity contribution in [1.29, 1.82) is 0 Å². The lowest BCUT2D eigenvalue weighted by molar-refractivity contribution is 0.0226. The summed E-state index contributed by atoms with van der Waals surface area (Å²) in [6, 6.07) is 0. The highest BCUT2D eigenvalue weighted by atomic mass is 16.5. The summed E-state index contributed by atoms with van der Waals surface area (Å²) in [7, 11) is 0. The monoisotopic (exact) mass is 261 g/mol. The lowest BCUT2D eigenvalue weighted by atomic mass is 10.2. The number of nitrogens with zero attached hydrogens (tertiary/aromatic N) is 4. The van der Waals surface area contributed by atoms with Crippen LogP contribution in [0.2, 0.25) is 0 Å². The van der Waals surface area contributed by atoms with Gasteiger partial charge in [-0.2, -0.15) is 5.10 Å². The number of ether oxygens (including phenoxy) is 1. The first kappa shape index (κ1) is 12.4. The van der Waals surface area contributed by atoms with Crippen LogP contribution in [0.25, 0.3) is 0 Å². The summed E-state index contributed by atoms with van der Waals surface area (Å²) in [5.74, 6) is 0. The number of aromatic nitrogens is 4. The Kier molecular flexibility index (Phi) is 3.61. The number of nitrogens with one attached hydrogen (secondary N) is 1. The van der Waals surface area contributed by atoms with Crippen molar-refractivity contribution in [3.05, 3.63) is 36.2 Å². The quantitative estimate of drug-likeness (QED) is 0.882. The number of morpholine rings is 1. The molecule has 3 heterocycles. The number of rotatable bonds is 4. The second-order valence-electron chi connectivity index (χ2n) is 4.86. The first-order valence-corrected chi connectivity index (χ1v) is 6.64. The maximum Gasteiger partial charge on any atom is 0.111 e. The van der Waals surface area contributed by atoms with E-state index in [0.29, 0.717) is 0 Å². The zero-order valence-electron chi connectivity index (χ0n) is 11.1. The molecule has 1 N–H and O–H groups in total. The van der Waals surface area contributed by atoms with Gasteiger partial charge in [-0.05, 0) is 12.5 Å². The Labute approximate surface area is 112 Å². The van der Waals surface area contributed by atoms with Gasteiger partial charge in [0.1, 0.15) is 6.10 Å². The van der Waals surface area contributed by atoms with E-state index in [4.69, 9.17) is 4.74 Å². The van der Waals surface area contributed by atoms with Crippen molar-refractivity contribution >= 4 is 0 Å². The van der Waals surface area contributed by atoms with Gasteiger partial charge < -0.3 is 14.6 Å². The normalized spacial score (nSPS) is 19.7. The van der Waals surface area contributed by atoms with E-state index in [0.717, 1.165) is 38.5 Å². The van der Waals surface area contributed by atoms with Crippen LogP contribution in [-0.4, -0.2) is 39.0 Å². The maximum atomic E-state index is 5.77. The standard InChI is InChI=1S/C13H19N5O/c1-11-6-16-18(9-11)4-3-17-10-15-7-12(17)13-8-14-2-5-19-13/h6-7,9-10,13-14H,2-5,8H2,1H3. The summed E-state index contributed by atoms with van der Waals surface area (Å²) >= 11 is 0. The van der Waals surface area contributed by atoms with E-state index in [1.165, 1.54) is 5.56 Å². The molecule has 0 amide bonds. The first-order valence-electron chi connectivity index (χ1n) is 6.64. The minimum atomic E-state index is 0.107. The van der Waals surface area contributed by atoms with E-state index < -0.39 is 0 Å². The fourth-order valence-electron chi connectivity index (χ4n) is 2.34. The van der Waals surface area contributed by atoms with E-state index >= 15 is 0 Å². The van der Waals surface area contributed by atoms with Gasteiger partial charge in [-0.1, -0.05) is 0 Å². The molecule has 1 aliphatic rings. The predicted molar refractivity (Wildman–Crippen MR) is 70.8 cm³/mol. The molecule has 6 nitrogen and oxygen atoms in total. The summed E-state index contributed by atoms with van der Waals surface area (Å²) in [5.41, 5.74) is 2.32. The Morgan fingerprint density at radius 3 is 3.11 bits per heavy atom. The van der Waals surface area contributed by atoms with E-state index in [2.05, 4.69) is 26.2 Å². The highest BCUT2D eigenvalue weighted by Gasteiger charge is 2.19. The molecule has 0 aliphatic carbocycles. The van der Waals surface area contributed by atoms with Crippen LogP contribution in [0.1, 0.15) is 17.4 Å². The van der Waals surface area contributed by atoms with Crippen LogP contribution in [0.4, 0.5) is 0 Å². The molecule has 0 spiro atoms. The molecule has 0 aromatic carbocycles. The fourth-order valence-corrected chi connectivity index (χ4v) is 2.34. The van der Waals surface area contributed by atoms with E-state index in [-0.39, 0.29) is 6.10 Å². The molecular weight excluding hydrogens is 242 g/mol. The number of hydrogen-bond acceptors (Lipinski definition) is 4. The number of hydrogen-bond donors (Lipinski definition) is 1. The van der Waals surface area contributed by atoms with Crippen molar-refractivity contribution in [2.75, 3.05) is 19.7 Å². The molecule has 1 unspecified atom stereocenters. The van der Waals surface area contributed by atoms with Crippen molar-refractivity contribution in [3.8, 4) is 0 Å². The summed E-state index contributed by atoms with van der Waals surface area (Å²) < 4.78 is 9.88. The Hall–Kier alpha value is -1.66. The first-order chi connectivity index (χ1) is 9.33. The maximum absolute atomic E-state index is 5.77. The zero-order chi connectivity index (χ0) is 13.1. The molecule has 1 saturated heterocycles. The SMILES string of the molecule is Cc1cnn(CCn2cncc2C2CNCCO2)c1. The molecule has 19 heavy (non-hydrogen) atoms. The van der Waals surface area contributed by atoms with Gasteiger partial charge in [0.25, 0.3) is 0 Å². The Morgan fingerprint density at radius 2 is 2.37 bits per heavy atom. The lowest BCUT2D eigenvalue weighted by Gasteiger charge is -2.24. The van der Waals surface area contributed by atoms with E-state index in [9.17, 15) is 0 Å². The molecule has 0 radical (unpaired) electrons. The molecule has 2 aromatic heterocycles. The molecule has 1 aliphatic heterocycles. The molecule has 1 fully saturated rings. The van der Waals surface area contributed by atoms with Crippen molar-refractivity contribution in [3.63, 3.8) is 0 Å². The molecule has 6 heteroatoms. The topological polar surface area (TPSA) is 56.9 Å². The molecular formula is C13H19N5O. The lowest BCUT2D eigenvalue weighted by Crippen LogP contribution is -2.34. The van der Waals surface area contributed by atoms with Crippen LogP contribution in [0.15, 0.2) is 24.9 Å². The molecule has 1 atom stereocenters. The van der Waals surface area contributed by atoms with Gasteiger partial charge in [-0.15, -0.1) is 0 Å². The van der Waals surface area contributed by atoms with Crippen LogP contribution in [-0.2, 0) is 17.8 Å². The molecule has 102 valence electrons. The fraction of sp³-hybridized carbons (Fsp3) is 0.538. The van der Waals surface area contributed by atoms with Gasteiger partial charge in [0.2, 0.25) is 0 Å². The molecule has 3 rings (SSSR count). The number of aryl methyl sites for hydroxylation is 3. The van der Waals surface area contributed by atoms with Crippen LogP contribution in [0.3, 0.4) is 0 Å². The summed E-state index contributed by atoms with van der Waals surface area (Å²) in [4.78, 5) is 4.24. The third-order valence-corrected chi connectivity index (χ3v) is 3.33. The third kappa shape index (κ3) is 2.85. The number of imidazole rings is 1. The van der Waals surface area contributed by atoms with Gasteiger partial charge in [0.15, 0.2) is 0 Å². The highest BCUT2D eigenvalue weighted by Crippen LogP contribution is 2.18. The second kappa shape index (κ2) is 5.54. The smallest absolute Gasteiger partial charge is 0.111 e. The highest BCUT2D eigenvalue weighted by molar-refractivity contribution is 5.05. The average Bonchev–Trinajstić information content (AvgIpc) is 3.06. The van der Waals surface area contributed by atoms with Gasteiger partial charge >= 0.3 is 0 Å². The molecule has 2 aromatic rings. The summed E-state index contributed by atoms with van der Waals surface area (Å²) in [6.45, 7) is 6.29. The van der Waals surface area contributed by atoms with Crippen molar-refractivity contribution < 1.29 is 4.74 Å². The van der Waals surface area contributed by atoms with Crippen molar-refractivity contribution in [2.24, 2.45) is 0 Å². The Balaban J connectivity index is 1.66.